The highest BCUT2D eigenvalue weighted by Gasteiger charge is 2.32. The van der Waals surface area contributed by atoms with Gasteiger partial charge in [0.15, 0.2) is 0 Å². The Morgan fingerprint density at radius 1 is 0.407 bits per heavy atom. The van der Waals surface area contributed by atoms with Gasteiger partial charge in [0.2, 0.25) is 0 Å². The minimum Gasteiger partial charge on any atom is -0.0671 e. The molecule has 6 aromatic rings. The Balaban J connectivity index is 1.45. The van der Waals surface area contributed by atoms with E-state index in [1.807, 2.05) is 0 Å². The van der Waals surface area contributed by atoms with Crippen LogP contribution in [0, 0.1) is 0 Å². The van der Waals surface area contributed by atoms with Crippen LogP contribution in [0.1, 0.15) is 59.1 Å². The molecule has 2 radical (unpaired) electrons. The molecule has 0 amide bonds. The summed E-state index contributed by atoms with van der Waals surface area (Å²) in [7, 11) is -2.70. The van der Waals surface area contributed by atoms with Crippen LogP contribution in [-0.4, -0.2) is 17.6 Å². The molecular weight excluding hydrogens is 719 g/mol. The Morgan fingerprint density at radius 2 is 0.704 bits per heavy atom. The van der Waals surface area contributed by atoms with E-state index in [9.17, 15) is 0 Å². The topological polar surface area (TPSA) is 0 Å². The van der Waals surface area contributed by atoms with Gasteiger partial charge < -0.3 is 0 Å². The molecule has 2 aliphatic rings. The van der Waals surface area contributed by atoms with E-state index in [0.717, 1.165) is 12.3 Å². The van der Waals surface area contributed by atoms with E-state index in [-0.39, 0.29) is 0 Å². The van der Waals surface area contributed by atoms with Crippen LogP contribution < -0.4 is 31.6 Å². The SMILES string of the molecule is C[Si](C)c1cc2c(c(-c3c4c(cc([Si](C)C)c3CP(c3ccccc3)c3ccccc3)CCCC4)c1CP(c1ccccc1)c1ccccc1)CCCC2. The third-order valence-corrected chi connectivity index (χ3v) is 19.7. The number of rotatable bonds is 11. The van der Waals surface area contributed by atoms with Crippen LogP contribution in [0.2, 0.25) is 26.2 Å². The number of benzene rings is 6. The molecule has 4 heteroatoms. The summed E-state index contributed by atoms with van der Waals surface area (Å²) in [5, 5.41) is 9.37. The fraction of sp³-hybridized carbons (Fsp3) is 0.280. The number of aryl methyl sites for hydroxylation is 2. The summed E-state index contributed by atoms with van der Waals surface area (Å²) in [6.45, 7) is 10.2. The molecule has 0 unspecified atom stereocenters. The van der Waals surface area contributed by atoms with Gasteiger partial charge in [-0.1, -0.05) is 170 Å². The molecule has 0 atom stereocenters. The summed E-state index contributed by atoms with van der Waals surface area (Å²) < 4.78 is 0. The van der Waals surface area contributed by atoms with E-state index in [2.05, 4.69) is 160 Å². The van der Waals surface area contributed by atoms with Crippen LogP contribution in [-0.2, 0) is 38.0 Å². The first kappa shape index (κ1) is 37.5. The lowest BCUT2D eigenvalue weighted by Gasteiger charge is -2.34. The minimum absolute atomic E-state index is 0.591. The van der Waals surface area contributed by atoms with Crippen molar-refractivity contribution in [1.29, 1.82) is 0 Å². The van der Waals surface area contributed by atoms with E-state index in [4.69, 9.17) is 0 Å². The van der Waals surface area contributed by atoms with E-state index >= 15 is 0 Å². The van der Waals surface area contributed by atoms with Crippen molar-refractivity contribution in [2.45, 2.75) is 89.9 Å². The van der Waals surface area contributed by atoms with Gasteiger partial charge in [0.05, 0.1) is 17.6 Å². The third-order valence-electron chi connectivity index (χ3n) is 11.7. The molecule has 0 aliphatic heterocycles. The summed E-state index contributed by atoms with van der Waals surface area (Å²) >= 11 is 0. The molecule has 0 heterocycles. The van der Waals surface area contributed by atoms with Crippen molar-refractivity contribution < 1.29 is 0 Å². The maximum atomic E-state index is 2.73. The maximum absolute atomic E-state index is 2.73. The van der Waals surface area contributed by atoms with Crippen LogP contribution in [0.4, 0.5) is 0 Å². The zero-order valence-corrected chi connectivity index (χ0v) is 36.5. The van der Waals surface area contributed by atoms with Crippen molar-refractivity contribution in [3.63, 3.8) is 0 Å². The molecule has 0 nitrogen and oxygen atoms in total. The van der Waals surface area contributed by atoms with Gasteiger partial charge in [-0.2, -0.15) is 0 Å². The molecule has 8 rings (SSSR count). The van der Waals surface area contributed by atoms with Crippen molar-refractivity contribution in [3.05, 3.63) is 167 Å². The van der Waals surface area contributed by atoms with E-state index in [1.165, 1.54) is 72.6 Å². The second kappa shape index (κ2) is 17.2. The quantitative estimate of drug-likeness (QED) is 0.0909. The summed E-state index contributed by atoms with van der Waals surface area (Å²) in [4.78, 5) is 0. The molecule has 0 aromatic heterocycles. The Labute approximate surface area is 331 Å². The first-order chi connectivity index (χ1) is 26.5. The van der Waals surface area contributed by atoms with E-state index < -0.39 is 33.4 Å². The minimum atomic E-state index is -0.758. The smallest absolute Gasteiger partial charge is 0.0671 e. The van der Waals surface area contributed by atoms with Gasteiger partial charge in [0.1, 0.15) is 0 Å². The molecule has 0 fully saturated rings. The molecule has 54 heavy (non-hydrogen) atoms. The third kappa shape index (κ3) is 7.83. The number of hydrogen-bond acceptors (Lipinski definition) is 0. The molecule has 0 saturated carbocycles. The first-order valence-corrected chi connectivity index (χ1v) is 28.2. The summed E-state index contributed by atoms with van der Waals surface area (Å²) in [6, 6.07) is 51.6. The first-order valence-electron chi connectivity index (χ1n) is 20.2. The lowest BCUT2D eigenvalue weighted by Crippen LogP contribution is -2.33. The van der Waals surface area contributed by atoms with Crippen molar-refractivity contribution in [1.82, 2.24) is 0 Å². The Bertz CT molecular complexity index is 1940. The molecule has 272 valence electrons. The molecule has 0 saturated heterocycles. The van der Waals surface area contributed by atoms with Gasteiger partial charge >= 0.3 is 0 Å². The van der Waals surface area contributed by atoms with Gasteiger partial charge in [-0.15, -0.1) is 0 Å². The van der Waals surface area contributed by atoms with Gasteiger partial charge in [-0.05, 0) is 133 Å². The van der Waals surface area contributed by atoms with E-state index in [0.29, 0.717) is 0 Å². The second-order valence-electron chi connectivity index (χ2n) is 15.8. The fourth-order valence-corrected chi connectivity index (χ4v) is 16.7. The summed E-state index contributed by atoms with van der Waals surface area (Å²) in [5.74, 6) is 0. The molecular formula is C50H54P2Si2. The average molecular weight is 773 g/mol. The lowest BCUT2D eigenvalue weighted by molar-refractivity contribution is 0.681. The molecule has 0 N–H and O–H groups in total. The van der Waals surface area contributed by atoms with Crippen molar-refractivity contribution >= 4 is 65.0 Å². The monoisotopic (exact) mass is 772 g/mol. The average Bonchev–Trinajstić information content (AvgIpc) is 3.22. The largest absolute Gasteiger partial charge is 0.0795 e. The highest BCUT2D eigenvalue weighted by atomic mass is 31.1. The maximum Gasteiger partial charge on any atom is 0.0795 e. The normalized spacial score (nSPS) is 14.1. The van der Waals surface area contributed by atoms with Gasteiger partial charge in [-0.3, -0.25) is 0 Å². The van der Waals surface area contributed by atoms with Crippen LogP contribution in [0.25, 0.3) is 11.1 Å². The Morgan fingerprint density at radius 3 is 1.00 bits per heavy atom. The number of fused-ring (bicyclic) bond motifs is 2. The van der Waals surface area contributed by atoms with Crippen molar-refractivity contribution in [3.8, 4) is 11.1 Å². The standard InChI is InChI=1S/C50H54P2Si2/c1-53(2)47-33-37-21-17-19-31-43(37)49(45(47)35-51(39-23-9-5-10-24-39)40-25-11-6-12-26-40)50-44-32-20-18-22-38(44)34-48(54(3)4)46(50)36-52(41-27-13-7-14-28-41)42-29-15-8-16-30-42/h5-16,23-30,33-34H,17-22,31-32,35-36H2,1-4H3. The van der Waals surface area contributed by atoms with Crippen LogP contribution in [0.15, 0.2) is 133 Å². The van der Waals surface area contributed by atoms with E-state index in [1.54, 1.807) is 54.9 Å². The predicted molar refractivity (Wildman–Crippen MR) is 245 cm³/mol. The molecule has 6 aromatic carbocycles. The van der Waals surface area contributed by atoms with Crippen LogP contribution in [0.5, 0.6) is 0 Å². The molecule has 0 spiro atoms. The zero-order valence-electron chi connectivity index (χ0n) is 32.7. The lowest BCUT2D eigenvalue weighted by atomic mass is 9.77. The van der Waals surface area contributed by atoms with Gasteiger partial charge in [0, 0.05) is 12.3 Å². The van der Waals surface area contributed by atoms with Crippen molar-refractivity contribution in [2.24, 2.45) is 0 Å². The summed E-state index contributed by atoms with van der Waals surface area (Å²) in [6.07, 6.45) is 12.3. The van der Waals surface area contributed by atoms with Gasteiger partial charge in [0.25, 0.3) is 0 Å². The molecule has 2 aliphatic carbocycles. The highest BCUT2D eigenvalue weighted by molar-refractivity contribution is 7.72. The fourth-order valence-electron chi connectivity index (χ4n) is 9.14. The Kier molecular flexibility index (Phi) is 11.9. The van der Waals surface area contributed by atoms with Crippen molar-refractivity contribution in [2.75, 3.05) is 0 Å². The van der Waals surface area contributed by atoms with Crippen LogP contribution in [0.3, 0.4) is 0 Å². The van der Waals surface area contributed by atoms with Crippen LogP contribution >= 0.6 is 15.8 Å². The molecule has 0 bridgehead atoms. The predicted octanol–water partition coefficient (Wildman–Crippen LogP) is 10.3. The number of hydrogen-bond donors (Lipinski definition) is 0. The zero-order chi connectivity index (χ0) is 37.0. The second-order valence-corrected chi connectivity index (χ2v) is 25.2. The highest BCUT2D eigenvalue weighted by Crippen LogP contribution is 2.48. The van der Waals surface area contributed by atoms with Gasteiger partial charge in [-0.25, -0.2) is 0 Å². The summed E-state index contributed by atoms with van der Waals surface area (Å²) in [5.41, 5.74) is 13.5. The Hall–Kier alpha value is -3.39.